The molecule has 8 aromatic rings. The van der Waals surface area contributed by atoms with Crippen molar-refractivity contribution in [3.8, 4) is 0 Å². The van der Waals surface area contributed by atoms with Gasteiger partial charge in [0, 0.05) is 175 Å². The van der Waals surface area contributed by atoms with Crippen LogP contribution in [0.25, 0.3) is 10.9 Å². The third kappa shape index (κ3) is 17.0. The first-order valence-electron chi connectivity index (χ1n) is 27.7. The average molecular weight is 1090 g/mol. The van der Waals surface area contributed by atoms with Crippen LogP contribution in [0.4, 0.5) is 0 Å². The van der Waals surface area contributed by atoms with Crippen LogP contribution in [0.15, 0.2) is 109 Å². The van der Waals surface area contributed by atoms with Gasteiger partial charge in [0.2, 0.25) is 0 Å². The fourth-order valence-corrected chi connectivity index (χ4v) is 11.1. The van der Waals surface area contributed by atoms with Crippen molar-refractivity contribution in [2.45, 2.75) is 113 Å². The Morgan fingerprint density at radius 2 is 1.00 bits per heavy atom. The van der Waals surface area contributed by atoms with Gasteiger partial charge in [0.1, 0.15) is 0 Å². The van der Waals surface area contributed by atoms with Gasteiger partial charge in [-0.3, -0.25) is 29.8 Å². The maximum Gasteiger partial charge on any atom is 0.267 e. The maximum absolute atomic E-state index is 11.1. The number of aromatic nitrogens is 9. The van der Waals surface area contributed by atoms with E-state index in [1.54, 1.807) is 0 Å². The fourth-order valence-electron chi connectivity index (χ4n) is 11.1. The Labute approximate surface area is 478 Å². The summed E-state index contributed by atoms with van der Waals surface area (Å²) in [5.41, 5.74) is 17.6. The summed E-state index contributed by atoms with van der Waals surface area (Å²) in [7, 11) is 15.0. The number of nitrogens with zero attached hydrogens (tertiary/aromatic N) is 12. The van der Waals surface area contributed by atoms with E-state index in [-0.39, 0.29) is 27.8 Å². The lowest BCUT2D eigenvalue weighted by atomic mass is 10.0. The van der Waals surface area contributed by atoms with E-state index in [4.69, 9.17) is 0 Å². The molecule has 6 aromatic heterocycles. The summed E-state index contributed by atoms with van der Waals surface area (Å²) in [6.07, 6.45) is 17.3. The number of hydrogen-bond donors (Lipinski definition) is 4. The van der Waals surface area contributed by atoms with Crippen molar-refractivity contribution in [2.24, 2.45) is 0 Å². The highest BCUT2D eigenvalue weighted by Gasteiger charge is 2.20. The molecule has 0 bridgehead atoms. The van der Waals surface area contributed by atoms with Crippen molar-refractivity contribution in [3.05, 3.63) is 182 Å². The van der Waals surface area contributed by atoms with Gasteiger partial charge in [-0.05, 0) is 127 Å². The molecule has 15 rings (SSSR count). The van der Waals surface area contributed by atoms with Gasteiger partial charge in [0.15, 0.2) is 0 Å². The number of imidazole rings is 1. The van der Waals surface area contributed by atoms with E-state index < -0.39 is 0 Å². The summed E-state index contributed by atoms with van der Waals surface area (Å²) in [6.45, 7) is 17.5. The van der Waals surface area contributed by atoms with Crippen LogP contribution < -0.4 is 5.56 Å². The third-order valence-corrected chi connectivity index (χ3v) is 15.8. The second kappa shape index (κ2) is 30.4. The molecule has 4 N–H and O–H groups in total. The third-order valence-electron chi connectivity index (χ3n) is 15.8. The average Bonchev–Trinajstić information content (AvgIpc) is 4.33. The van der Waals surface area contributed by atoms with Crippen LogP contribution in [0.1, 0.15) is 89.7 Å². The smallest absolute Gasteiger partial charge is 0.267 e. The normalized spacial score (nSPS) is 17.5. The van der Waals surface area contributed by atoms with Crippen molar-refractivity contribution < 1.29 is 0 Å². The number of nitrogens with one attached hydrogen (secondary N) is 4. The van der Waals surface area contributed by atoms with Gasteiger partial charge in [0.05, 0.1) is 23.9 Å². The van der Waals surface area contributed by atoms with Gasteiger partial charge in [-0.25, -0.2) is 4.98 Å². The van der Waals surface area contributed by atoms with Crippen LogP contribution >= 0.6 is 0 Å². The van der Waals surface area contributed by atoms with Crippen LogP contribution in [-0.2, 0) is 91.0 Å². The molecule has 13 heterocycles. The number of para-hydroxylation sites is 1. The quantitative estimate of drug-likeness (QED) is 0.117. The Balaban J connectivity index is 0.000000150. The van der Waals surface area contributed by atoms with Gasteiger partial charge in [-0.15, -0.1) is 0 Å². The van der Waals surface area contributed by atoms with E-state index in [1.807, 2.05) is 38.2 Å². The minimum atomic E-state index is 0. The molecule has 0 spiro atoms. The predicted octanol–water partition coefficient (Wildman–Crippen LogP) is 8.16. The van der Waals surface area contributed by atoms with E-state index in [0.29, 0.717) is 0 Å². The van der Waals surface area contributed by atoms with Crippen molar-refractivity contribution in [1.82, 2.24) is 78.8 Å². The minimum Gasteiger partial charge on any atom is -0.357 e. The number of rotatable bonds is 0. The first kappa shape index (κ1) is 62.8. The maximum atomic E-state index is 11.1. The highest BCUT2D eigenvalue weighted by molar-refractivity contribution is 5.84. The monoisotopic (exact) mass is 1090 g/mol. The summed E-state index contributed by atoms with van der Waals surface area (Å²) < 4.78 is 4.53. The zero-order chi connectivity index (χ0) is 53.7. The van der Waals surface area contributed by atoms with Crippen molar-refractivity contribution in [3.63, 3.8) is 0 Å². The largest absolute Gasteiger partial charge is 0.357 e. The molecule has 7 aliphatic rings. The number of likely N-dealkylation sites (N-methyl/N-ethyl adjacent to an activating group) is 7. The van der Waals surface area contributed by atoms with Crippen LogP contribution in [0, 0.1) is 0 Å². The molecule has 0 aliphatic carbocycles. The topological polar surface area (TPSA) is 151 Å². The van der Waals surface area contributed by atoms with E-state index in [2.05, 4.69) is 194 Å². The summed E-state index contributed by atoms with van der Waals surface area (Å²) in [6, 6.07) is 23.7. The molecule has 17 nitrogen and oxygen atoms in total. The van der Waals surface area contributed by atoms with Crippen molar-refractivity contribution in [2.75, 3.05) is 95.1 Å². The number of pyridine rings is 1. The van der Waals surface area contributed by atoms with Crippen LogP contribution in [-0.4, -0.2) is 174 Å². The van der Waals surface area contributed by atoms with E-state index in [1.165, 1.54) is 106 Å². The zero-order valence-electron chi connectivity index (χ0n) is 46.9. The molecule has 7 aliphatic heterocycles. The number of H-pyrrole nitrogens is 4. The van der Waals surface area contributed by atoms with Gasteiger partial charge in [0.25, 0.3) is 5.56 Å². The molecule has 80 heavy (non-hydrogen) atoms. The second-order valence-corrected chi connectivity index (χ2v) is 22.1. The molecular formula is C63H96N16O. The molecule has 0 amide bonds. The predicted molar refractivity (Wildman–Crippen MR) is 329 cm³/mol. The SMILES string of the molecule is C.C.C.CN1CCc2[nH]ncc2C1.CN1CCc2c([nH][nH]c2=O)C1.CN1CCc2c([nH]c3ccccc23)C1.CN1CCc2ccccc2C1.CN1CCc2cnccc2C1.CN1CCn2cccc2C1.CN1CCn2cncc2C1. The fraction of sp³-hybridized carbons (Fsp3) is 0.492. The summed E-state index contributed by atoms with van der Waals surface area (Å²) in [5.74, 6) is 0. The lowest BCUT2D eigenvalue weighted by molar-refractivity contribution is 0.270. The molecule has 0 saturated carbocycles. The zero-order valence-corrected chi connectivity index (χ0v) is 46.9. The van der Waals surface area contributed by atoms with Gasteiger partial charge in [-0.2, -0.15) is 5.10 Å². The van der Waals surface area contributed by atoms with Crippen LogP contribution in [0.5, 0.6) is 0 Å². The molecule has 0 atom stereocenters. The Morgan fingerprint density at radius 1 is 0.425 bits per heavy atom. The molecule has 17 heteroatoms. The molecule has 2 aromatic carbocycles. The first-order valence-corrected chi connectivity index (χ1v) is 27.7. The number of hydrogen-bond acceptors (Lipinski definition) is 11. The lowest BCUT2D eigenvalue weighted by Gasteiger charge is -2.24. The second-order valence-electron chi connectivity index (χ2n) is 22.1. The van der Waals surface area contributed by atoms with E-state index >= 15 is 0 Å². The lowest BCUT2D eigenvalue weighted by Crippen LogP contribution is -2.29. The standard InChI is InChI=1S/C12H14N2.C10H13N.C9H12N2.C8H12N2.C7H11N3O.2C7H11N3.3CH4/c1-14-7-6-10-9-4-2-3-5-11(9)13-12(10)8-14;1-11-7-6-9-4-2-3-5-10(9)8-11;1-11-5-3-8-6-10-4-2-9(8)7-11;1-9-5-6-10-4-2-3-8(10)7-9;1-10-3-2-5-6(4-10)8-9-7(5)11;1-9-2-3-10-6-8-4-7(10)5-9;1-10-3-2-7-6(5-10)4-8-9-7;;;/h2-5,13H,6-8H2,1H3;2-5H,6-8H2,1H3;2,4,6H,3,5,7H2,1H3;2-4H,5-7H2,1H3;2-4H2,1H3,(H2,8,9,11);4,6H,2-3,5H2,1H3;4H,2-3,5H2,1H3,(H,8,9);3*1H4. The highest BCUT2D eigenvalue weighted by Crippen LogP contribution is 2.27. The molecule has 0 fully saturated rings. The van der Waals surface area contributed by atoms with Gasteiger partial charge >= 0.3 is 0 Å². The molecule has 0 saturated heterocycles. The Kier molecular flexibility index (Phi) is 23.8. The van der Waals surface area contributed by atoms with E-state index in [0.717, 1.165) is 109 Å². The van der Waals surface area contributed by atoms with Gasteiger partial charge < -0.3 is 43.7 Å². The number of aromatic amines is 4. The first-order chi connectivity index (χ1) is 37.4. The van der Waals surface area contributed by atoms with Crippen LogP contribution in [0.3, 0.4) is 0 Å². The van der Waals surface area contributed by atoms with Crippen molar-refractivity contribution >= 4 is 10.9 Å². The minimum absolute atomic E-state index is 0. The van der Waals surface area contributed by atoms with Crippen LogP contribution in [0.2, 0.25) is 0 Å². The molecule has 0 radical (unpaired) electrons. The molecule has 0 unspecified atom stereocenters. The Morgan fingerprint density at radius 3 is 1.75 bits per heavy atom. The summed E-state index contributed by atoms with van der Waals surface area (Å²) in [5, 5.41) is 13.9. The summed E-state index contributed by atoms with van der Waals surface area (Å²) in [4.78, 5) is 38.9. The Bertz CT molecular complexity index is 2960. The summed E-state index contributed by atoms with van der Waals surface area (Å²) >= 11 is 0. The number of benzene rings is 2. The highest BCUT2D eigenvalue weighted by atomic mass is 16.1. The molecular weight excluding hydrogens is 997 g/mol. The Hall–Kier alpha value is -6.44. The van der Waals surface area contributed by atoms with Gasteiger partial charge in [-0.1, -0.05) is 64.7 Å². The van der Waals surface area contributed by atoms with E-state index in [9.17, 15) is 4.79 Å². The molecule has 434 valence electrons. The number of fused-ring (bicyclic) bond motifs is 9. The van der Waals surface area contributed by atoms with Crippen molar-refractivity contribution in [1.29, 1.82) is 0 Å².